The van der Waals surface area contributed by atoms with Crippen LogP contribution in [0.2, 0.25) is 0 Å². The summed E-state index contributed by atoms with van der Waals surface area (Å²) in [5.74, 6) is 0.653. The van der Waals surface area contributed by atoms with Crippen molar-refractivity contribution < 1.29 is 13.2 Å². The molecule has 1 rings (SSSR count). The summed E-state index contributed by atoms with van der Waals surface area (Å²) in [5.41, 5.74) is 0. The van der Waals surface area contributed by atoms with Gasteiger partial charge in [0.15, 0.2) is 0 Å². The Morgan fingerprint density at radius 3 is 2.76 bits per heavy atom. The van der Waals surface area contributed by atoms with Crippen LogP contribution in [0.5, 0.6) is 0 Å². The number of aryl methyl sites for hydroxylation is 1. The van der Waals surface area contributed by atoms with Crippen molar-refractivity contribution in [3.63, 3.8) is 0 Å². The molecule has 0 aliphatic rings. The van der Waals surface area contributed by atoms with E-state index in [0.29, 0.717) is 12.5 Å². The predicted molar refractivity (Wildman–Crippen MR) is 60.9 cm³/mol. The summed E-state index contributed by atoms with van der Waals surface area (Å²) in [7, 11) is 0. The van der Waals surface area contributed by atoms with E-state index < -0.39 is 12.6 Å². The molecule has 0 aliphatic carbocycles. The Morgan fingerprint density at radius 2 is 2.12 bits per heavy atom. The molecular formula is C11H18F3N3. The smallest absolute Gasteiger partial charge is 0.356 e. The lowest BCUT2D eigenvalue weighted by molar-refractivity contribution is -0.135. The average Bonchev–Trinajstić information content (AvgIpc) is 2.64. The third-order valence-electron chi connectivity index (χ3n) is 2.39. The number of imidazole rings is 1. The van der Waals surface area contributed by atoms with Crippen molar-refractivity contribution in [2.24, 2.45) is 0 Å². The van der Waals surface area contributed by atoms with Gasteiger partial charge in [-0.15, -0.1) is 0 Å². The van der Waals surface area contributed by atoms with Crippen molar-refractivity contribution in [1.29, 1.82) is 0 Å². The van der Waals surface area contributed by atoms with Crippen molar-refractivity contribution >= 4 is 5.95 Å². The maximum atomic E-state index is 12.0. The maximum Gasteiger partial charge on any atom is 0.389 e. The van der Waals surface area contributed by atoms with Crippen LogP contribution in [0.1, 0.15) is 32.6 Å². The van der Waals surface area contributed by atoms with Crippen LogP contribution in [-0.2, 0) is 6.54 Å². The lowest BCUT2D eigenvalue weighted by atomic mass is 10.3. The molecule has 1 N–H and O–H groups in total. The molecule has 3 nitrogen and oxygen atoms in total. The Bertz CT molecular complexity index is 320. The van der Waals surface area contributed by atoms with Crippen molar-refractivity contribution in [3.8, 4) is 0 Å². The van der Waals surface area contributed by atoms with Gasteiger partial charge in [-0.2, -0.15) is 13.2 Å². The van der Waals surface area contributed by atoms with Crippen molar-refractivity contribution in [2.75, 3.05) is 11.9 Å². The van der Waals surface area contributed by atoms with Crippen LogP contribution in [0.4, 0.5) is 19.1 Å². The van der Waals surface area contributed by atoms with E-state index in [9.17, 15) is 13.2 Å². The largest absolute Gasteiger partial charge is 0.389 e. The molecule has 1 heterocycles. The quantitative estimate of drug-likeness (QED) is 0.750. The van der Waals surface area contributed by atoms with Crippen LogP contribution in [0.3, 0.4) is 0 Å². The molecule has 0 spiro atoms. The van der Waals surface area contributed by atoms with Crippen LogP contribution >= 0.6 is 0 Å². The molecule has 0 bridgehead atoms. The summed E-state index contributed by atoms with van der Waals surface area (Å²) in [6.07, 6.45) is 0.655. The Morgan fingerprint density at radius 1 is 1.35 bits per heavy atom. The molecule has 0 unspecified atom stereocenters. The molecule has 6 heteroatoms. The maximum absolute atomic E-state index is 12.0. The molecule has 1 aromatic rings. The van der Waals surface area contributed by atoms with E-state index in [1.807, 2.05) is 0 Å². The summed E-state index contributed by atoms with van der Waals surface area (Å²) in [6, 6.07) is 0. The summed E-state index contributed by atoms with van der Waals surface area (Å²) >= 11 is 0. The SMILES string of the molecule is CCCCNc1nccn1CCCC(F)(F)F. The van der Waals surface area contributed by atoms with Gasteiger partial charge in [0.1, 0.15) is 0 Å². The first-order valence-corrected chi connectivity index (χ1v) is 5.84. The van der Waals surface area contributed by atoms with Crippen molar-refractivity contribution in [1.82, 2.24) is 9.55 Å². The summed E-state index contributed by atoms with van der Waals surface area (Å²) < 4.78 is 37.7. The highest BCUT2D eigenvalue weighted by molar-refractivity contribution is 5.25. The zero-order valence-electron chi connectivity index (χ0n) is 9.93. The van der Waals surface area contributed by atoms with Gasteiger partial charge in [0.2, 0.25) is 5.95 Å². The lowest BCUT2D eigenvalue weighted by Gasteiger charge is -2.10. The topological polar surface area (TPSA) is 29.9 Å². The number of unbranched alkanes of at least 4 members (excludes halogenated alkanes) is 1. The van der Waals surface area contributed by atoms with E-state index >= 15 is 0 Å². The van der Waals surface area contributed by atoms with Gasteiger partial charge in [-0.05, 0) is 12.8 Å². The fourth-order valence-corrected chi connectivity index (χ4v) is 1.48. The fourth-order valence-electron chi connectivity index (χ4n) is 1.48. The summed E-state index contributed by atoms with van der Waals surface area (Å²) in [5, 5.41) is 3.11. The standard InChI is InChI=1S/C11H18F3N3/c1-2-3-6-15-10-16-7-9-17(10)8-4-5-11(12,13)14/h7,9H,2-6,8H2,1H3,(H,15,16). The number of aromatic nitrogens is 2. The molecular weight excluding hydrogens is 231 g/mol. The first kappa shape index (κ1) is 13.9. The molecule has 0 aliphatic heterocycles. The van der Waals surface area contributed by atoms with Crippen LogP contribution in [0.15, 0.2) is 12.4 Å². The Labute approximate surface area is 99.0 Å². The van der Waals surface area contributed by atoms with Crippen LogP contribution in [-0.4, -0.2) is 22.3 Å². The first-order valence-electron chi connectivity index (χ1n) is 5.84. The highest BCUT2D eigenvalue weighted by atomic mass is 19.4. The minimum Gasteiger partial charge on any atom is -0.356 e. The summed E-state index contributed by atoms with van der Waals surface area (Å²) in [6.45, 7) is 3.22. The Hall–Kier alpha value is -1.20. The van der Waals surface area contributed by atoms with E-state index in [-0.39, 0.29) is 6.42 Å². The van der Waals surface area contributed by atoms with E-state index in [1.54, 1.807) is 17.0 Å². The second-order valence-corrected chi connectivity index (χ2v) is 3.94. The number of rotatable bonds is 7. The number of nitrogens with zero attached hydrogens (tertiary/aromatic N) is 2. The highest BCUT2D eigenvalue weighted by Crippen LogP contribution is 2.22. The Balaban J connectivity index is 2.35. The van der Waals surface area contributed by atoms with Gasteiger partial charge in [0.05, 0.1) is 0 Å². The number of halogens is 3. The molecule has 0 fully saturated rings. The fraction of sp³-hybridized carbons (Fsp3) is 0.727. The van der Waals surface area contributed by atoms with Crippen LogP contribution in [0.25, 0.3) is 0 Å². The molecule has 17 heavy (non-hydrogen) atoms. The minimum absolute atomic E-state index is 0.0856. The van der Waals surface area contributed by atoms with Gasteiger partial charge in [-0.25, -0.2) is 4.98 Å². The second-order valence-electron chi connectivity index (χ2n) is 3.94. The van der Waals surface area contributed by atoms with E-state index in [1.165, 1.54) is 0 Å². The molecule has 0 aromatic carbocycles. The van der Waals surface area contributed by atoms with Gasteiger partial charge >= 0.3 is 6.18 Å². The number of nitrogens with one attached hydrogen (secondary N) is 1. The minimum atomic E-state index is -4.07. The van der Waals surface area contributed by atoms with Gasteiger partial charge in [-0.1, -0.05) is 13.3 Å². The van der Waals surface area contributed by atoms with Crippen molar-refractivity contribution in [2.45, 2.75) is 45.3 Å². The molecule has 0 saturated carbocycles. The third-order valence-corrected chi connectivity index (χ3v) is 2.39. The van der Waals surface area contributed by atoms with Gasteiger partial charge < -0.3 is 9.88 Å². The van der Waals surface area contributed by atoms with E-state index in [0.717, 1.165) is 19.4 Å². The molecule has 0 radical (unpaired) electrons. The van der Waals surface area contributed by atoms with Gasteiger partial charge in [0, 0.05) is 31.9 Å². The zero-order chi connectivity index (χ0) is 12.7. The summed E-state index contributed by atoms with van der Waals surface area (Å²) in [4.78, 5) is 4.07. The Kier molecular flexibility index (Phi) is 5.31. The average molecular weight is 249 g/mol. The third kappa shape index (κ3) is 5.60. The molecule has 0 atom stereocenters. The number of alkyl halides is 3. The number of anilines is 1. The normalized spacial score (nSPS) is 11.8. The molecule has 1 aromatic heterocycles. The highest BCUT2D eigenvalue weighted by Gasteiger charge is 2.26. The van der Waals surface area contributed by atoms with Gasteiger partial charge in [0.25, 0.3) is 0 Å². The number of hydrogen-bond donors (Lipinski definition) is 1. The predicted octanol–water partition coefficient (Wildman–Crippen LogP) is 3.44. The monoisotopic (exact) mass is 249 g/mol. The van der Waals surface area contributed by atoms with Crippen molar-refractivity contribution in [3.05, 3.63) is 12.4 Å². The van der Waals surface area contributed by atoms with Crippen LogP contribution in [0, 0.1) is 0 Å². The second kappa shape index (κ2) is 6.51. The molecule has 0 amide bonds. The van der Waals surface area contributed by atoms with E-state index in [4.69, 9.17) is 0 Å². The zero-order valence-corrected chi connectivity index (χ0v) is 9.93. The van der Waals surface area contributed by atoms with Crippen LogP contribution < -0.4 is 5.32 Å². The first-order chi connectivity index (χ1) is 8.03. The number of hydrogen-bond acceptors (Lipinski definition) is 2. The molecule has 98 valence electrons. The lowest BCUT2D eigenvalue weighted by Crippen LogP contribution is -2.11. The van der Waals surface area contributed by atoms with Gasteiger partial charge in [-0.3, -0.25) is 0 Å². The molecule has 0 saturated heterocycles. The van der Waals surface area contributed by atoms with E-state index in [2.05, 4.69) is 17.2 Å².